The molecule has 0 aliphatic rings. The molecule has 176 valence electrons. The van der Waals surface area contributed by atoms with E-state index >= 15 is 0 Å². The van der Waals surface area contributed by atoms with Crippen molar-refractivity contribution in [2.75, 3.05) is 13.2 Å². The van der Waals surface area contributed by atoms with Crippen LogP contribution in [0.5, 0.6) is 0 Å². The normalized spacial score (nSPS) is 12.5. The van der Waals surface area contributed by atoms with Crippen molar-refractivity contribution in [3.63, 3.8) is 0 Å². The second-order valence-electron chi connectivity index (χ2n) is 8.94. The summed E-state index contributed by atoms with van der Waals surface area (Å²) >= 11 is 0. The summed E-state index contributed by atoms with van der Waals surface area (Å²) in [6.45, 7) is 8.63. The van der Waals surface area contributed by atoms with E-state index in [9.17, 15) is 9.59 Å². The predicted octanol–water partition coefficient (Wildman–Crippen LogP) is 6.07. The number of fused-ring (bicyclic) bond motifs is 1. The Hall–Kier alpha value is -3.12. The molecular weight excluding hydrogens is 418 g/mol. The highest BCUT2D eigenvalue weighted by Gasteiger charge is 2.28. The van der Waals surface area contributed by atoms with Gasteiger partial charge in [-0.2, -0.15) is 0 Å². The fraction of sp³-hybridized carbons (Fsp3) is 0.407. The van der Waals surface area contributed by atoms with Crippen LogP contribution in [0.1, 0.15) is 57.6 Å². The van der Waals surface area contributed by atoms with Gasteiger partial charge in [0.25, 0.3) is 0 Å². The largest absolute Gasteiger partial charge is 0.466 e. The van der Waals surface area contributed by atoms with Crippen molar-refractivity contribution in [1.29, 1.82) is 0 Å². The van der Waals surface area contributed by atoms with Gasteiger partial charge in [-0.05, 0) is 57.7 Å². The van der Waals surface area contributed by atoms with Crippen molar-refractivity contribution in [3.8, 4) is 0 Å². The Bertz CT molecular complexity index is 1070. The van der Waals surface area contributed by atoms with E-state index < -0.39 is 17.6 Å². The highest BCUT2D eigenvalue weighted by molar-refractivity contribution is 5.95. The average molecular weight is 452 g/mol. The van der Waals surface area contributed by atoms with Gasteiger partial charge >= 0.3 is 12.1 Å². The molecule has 1 atom stereocenters. The van der Waals surface area contributed by atoms with Crippen molar-refractivity contribution in [1.82, 2.24) is 4.57 Å². The van der Waals surface area contributed by atoms with Crippen LogP contribution in [0.15, 0.2) is 60.8 Å². The van der Waals surface area contributed by atoms with Crippen LogP contribution in [-0.2, 0) is 25.6 Å². The Morgan fingerprint density at radius 2 is 1.70 bits per heavy atom. The molecule has 6 nitrogen and oxygen atoms in total. The molecule has 33 heavy (non-hydrogen) atoms. The third-order valence-corrected chi connectivity index (χ3v) is 5.17. The number of ether oxygens (including phenoxy) is 3. The number of benzene rings is 2. The Morgan fingerprint density at radius 1 is 1.00 bits per heavy atom. The number of nitrogens with zero attached hydrogens (tertiary/aromatic N) is 1. The molecule has 0 spiro atoms. The topological polar surface area (TPSA) is 66.8 Å². The first-order valence-electron chi connectivity index (χ1n) is 11.4. The van der Waals surface area contributed by atoms with Gasteiger partial charge in [0.15, 0.2) is 0 Å². The van der Waals surface area contributed by atoms with Gasteiger partial charge in [0.2, 0.25) is 0 Å². The fourth-order valence-electron chi connectivity index (χ4n) is 3.74. The minimum atomic E-state index is -0.626. The molecule has 0 aliphatic carbocycles. The number of hydrogen-bond donors (Lipinski definition) is 0. The first kappa shape index (κ1) is 24.5. The molecule has 0 amide bonds. The Labute approximate surface area is 195 Å². The lowest BCUT2D eigenvalue weighted by molar-refractivity contribution is -0.145. The van der Waals surface area contributed by atoms with E-state index in [1.807, 2.05) is 75.4 Å². The van der Waals surface area contributed by atoms with Gasteiger partial charge < -0.3 is 14.2 Å². The molecule has 0 bridgehead atoms. The maximum atomic E-state index is 12.9. The summed E-state index contributed by atoms with van der Waals surface area (Å²) in [5.41, 5.74) is 1.95. The maximum absolute atomic E-state index is 12.9. The highest BCUT2D eigenvalue weighted by Crippen LogP contribution is 2.32. The van der Waals surface area contributed by atoms with Gasteiger partial charge in [0.05, 0.1) is 24.6 Å². The molecule has 0 saturated carbocycles. The second-order valence-corrected chi connectivity index (χ2v) is 8.94. The Balaban J connectivity index is 1.79. The molecule has 1 heterocycles. The zero-order chi connectivity index (χ0) is 23.8. The van der Waals surface area contributed by atoms with E-state index in [2.05, 4.69) is 0 Å². The SMILES string of the molecule is CCOC(=O)C(CCCOCc1ccccc1)c1cn(C(=O)OC(C)(C)C)c2ccccc12. The van der Waals surface area contributed by atoms with Crippen molar-refractivity contribution >= 4 is 23.0 Å². The highest BCUT2D eigenvalue weighted by atomic mass is 16.6. The van der Waals surface area contributed by atoms with E-state index in [1.165, 1.54) is 4.57 Å². The molecule has 0 aliphatic heterocycles. The van der Waals surface area contributed by atoms with Gasteiger partial charge in [0.1, 0.15) is 5.60 Å². The molecule has 0 N–H and O–H groups in total. The first-order valence-corrected chi connectivity index (χ1v) is 11.4. The number of esters is 1. The quantitative estimate of drug-likeness (QED) is 0.292. The summed E-state index contributed by atoms with van der Waals surface area (Å²) in [6, 6.07) is 17.5. The van der Waals surface area contributed by atoms with Crippen LogP contribution in [0.4, 0.5) is 4.79 Å². The number of rotatable bonds is 9. The standard InChI is InChI=1S/C27H33NO5/c1-5-32-25(29)22(15-11-17-31-19-20-12-7-6-8-13-20)23-18-28(26(30)33-27(2,3)4)24-16-10-9-14-21(23)24/h6-10,12-14,16,18,22H,5,11,15,17,19H2,1-4H3. The molecule has 3 rings (SSSR count). The minimum absolute atomic E-state index is 0.296. The van der Waals surface area contributed by atoms with Gasteiger partial charge in [-0.25, -0.2) is 4.79 Å². The fourth-order valence-corrected chi connectivity index (χ4v) is 3.74. The van der Waals surface area contributed by atoms with Gasteiger partial charge in [-0.3, -0.25) is 9.36 Å². The molecular formula is C27H33NO5. The number of hydrogen-bond acceptors (Lipinski definition) is 5. The van der Waals surface area contributed by atoms with Gasteiger partial charge in [-0.15, -0.1) is 0 Å². The summed E-state index contributed by atoms with van der Waals surface area (Å²) in [5.74, 6) is -0.800. The van der Waals surface area contributed by atoms with Crippen LogP contribution in [0.3, 0.4) is 0 Å². The Morgan fingerprint density at radius 3 is 2.39 bits per heavy atom. The second kappa shape index (κ2) is 11.1. The van der Waals surface area contributed by atoms with Crippen molar-refractivity contribution in [2.24, 2.45) is 0 Å². The molecule has 0 fully saturated rings. The minimum Gasteiger partial charge on any atom is -0.466 e. The van der Waals surface area contributed by atoms with E-state index in [4.69, 9.17) is 14.2 Å². The molecule has 2 aromatic carbocycles. The van der Waals surface area contributed by atoms with Crippen LogP contribution in [-0.4, -0.2) is 35.4 Å². The van der Waals surface area contributed by atoms with Crippen LogP contribution < -0.4 is 0 Å². The average Bonchev–Trinajstić information content (AvgIpc) is 3.15. The summed E-state index contributed by atoms with van der Waals surface area (Å²) in [7, 11) is 0. The van der Waals surface area contributed by atoms with Gasteiger partial charge in [0, 0.05) is 18.2 Å². The summed E-state index contributed by atoms with van der Waals surface area (Å²) in [4.78, 5) is 25.7. The van der Waals surface area contributed by atoms with Crippen LogP contribution in [0.25, 0.3) is 10.9 Å². The number of carbonyl (C=O) groups excluding carboxylic acids is 2. The smallest absolute Gasteiger partial charge is 0.419 e. The van der Waals surface area contributed by atoms with E-state index in [0.717, 1.165) is 16.5 Å². The first-order chi connectivity index (χ1) is 15.8. The van der Waals surface area contributed by atoms with E-state index in [-0.39, 0.29) is 5.97 Å². The zero-order valence-corrected chi connectivity index (χ0v) is 19.9. The van der Waals surface area contributed by atoms with E-state index in [0.29, 0.717) is 38.2 Å². The van der Waals surface area contributed by atoms with Crippen LogP contribution >= 0.6 is 0 Å². The summed E-state index contributed by atoms with van der Waals surface area (Å²) in [5, 5.41) is 0.839. The molecule has 1 unspecified atom stereocenters. The lowest BCUT2D eigenvalue weighted by atomic mass is 9.94. The lowest BCUT2D eigenvalue weighted by Crippen LogP contribution is -2.26. The van der Waals surface area contributed by atoms with Crippen LogP contribution in [0.2, 0.25) is 0 Å². The van der Waals surface area contributed by atoms with Crippen molar-refractivity contribution < 1.29 is 23.8 Å². The Kier molecular flexibility index (Phi) is 8.28. The third kappa shape index (κ3) is 6.68. The number of para-hydroxylation sites is 1. The maximum Gasteiger partial charge on any atom is 0.419 e. The lowest BCUT2D eigenvalue weighted by Gasteiger charge is -2.19. The monoisotopic (exact) mass is 451 g/mol. The molecule has 0 radical (unpaired) electrons. The van der Waals surface area contributed by atoms with Crippen LogP contribution in [0, 0.1) is 0 Å². The predicted molar refractivity (Wildman–Crippen MR) is 128 cm³/mol. The molecule has 0 saturated heterocycles. The molecule has 1 aromatic heterocycles. The van der Waals surface area contributed by atoms with Crippen molar-refractivity contribution in [2.45, 2.75) is 58.7 Å². The van der Waals surface area contributed by atoms with Gasteiger partial charge in [-0.1, -0.05) is 48.5 Å². The third-order valence-electron chi connectivity index (χ3n) is 5.17. The zero-order valence-electron chi connectivity index (χ0n) is 19.9. The number of carbonyl (C=O) groups is 2. The summed E-state index contributed by atoms with van der Waals surface area (Å²) in [6.07, 6.45) is 2.47. The van der Waals surface area contributed by atoms with E-state index in [1.54, 1.807) is 13.1 Å². The summed E-state index contributed by atoms with van der Waals surface area (Å²) < 4.78 is 18.2. The molecule has 6 heteroatoms. The van der Waals surface area contributed by atoms with Crippen molar-refractivity contribution in [3.05, 3.63) is 71.9 Å². The molecule has 3 aromatic rings. The number of aromatic nitrogens is 1.